The maximum absolute atomic E-state index is 5.16. The maximum atomic E-state index is 5.16. The predicted molar refractivity (Wildman–Crippen MR) is 64.3 cm³/mol. The molecule has 0 aliphatic heterocycles. The molecule has 0 spiro atoms. The molecule has 0 aliphatic carbocycles. The van der Waals surface area contributed by atoms with Gasteiger partial charge in [-0.25, -0.2) is 0 Å². The Balaban J connectivity index is 2.81. The lowest BCUT2D eigenvalue weighted by Gasteiger charge is -2.24. The molecule has 0 N–H and O–H groups in total. The van der Waals surface area contributed by atoms with Gasteiger partial charge in [-0.15, -0.1) is 0 Å². The van der Waals surface area contributed by atoms with Gasteiger partial charge in [-0.05, 0) is 38.2 Å². The van der Waals surface area contributed by atoms with E-state index in [4.69, 9.17) is 4.74 Å². The molecule has 0 aliphatic rings. The minimum Gasteiger partial charge on any atom is -0.497 e. The normalized spacial score (nSPS) is 12.9. The van der Waals surface area contributed by atoms with Crippen LogP contribution in [-0.4, -0.2) is 26.1 Å². The zero-order valence-electron chi connectivity index (χ0n) is 10.2. The Hall–Kier alpha value is -1.02. The smallest absolute Gasteiger partial charge is 0.118 e. The fourth-order valence-electron chi connectivity index (χ4n) is 1.82. The third-order valence-electron chi connectivity index (χ3n) is 2.69. The SMILES string of the molecule is CCCC(c1ccc(OC)cc1)N(C)C. The quantitative estimate of drug-likeness (QED) is 0.735. The third kappa shape index (κ3) is 3.24. The molecule has 0 fully saturated rings. The van der Waals surface area contributed by atoms with E-state index < -0.39 is 0 Å². The number of ether oxygens (including phenoxy) is 1. The molecule has 2 nitrogen and oxygen atoms in total. The molecule has 0 saturated carbocycles. The topological polar surface area (TPSA) is 12.5 Å². The van der Waals surface area contributed by atoms with Gasteiger partial charge in [-0.1, -0.05) is 25.5 Å². The summed E-state index contributed by atoms with van der Waals surface area (Å²) in [4.78, 5) is 2.27. The van der Waals surface area contributed by atoms with E-state index in [9.17, 15) is 0 Å². The van der Waals surface area contributed by atoms with E-state index in [0.717, 1.165) is 5.75 Å². The van der Waals surface area contributed by atoms with Crippen molar-refractivity contribution in [2.24, 2.45) is 0 Å². The van der Waals surface area contributed by atoms with Crippen LogP contribution in [0.5, 0.6) is 5.75 Å². The highest BCUT2D eigenvalue weighted by molar-refractivity contribution is 5.29. The molecule has 1 unspecified atom stereocenters. The van der Waals surface area contributed by atoms with Crippen LogP contribution in [0.3, 0.4) is 0 Å². The van der Waals surface area contributed by atoms with Crippen LogP contribution in [0.1, 0.15) is 31.4 Å². The van der Waals surface area contributed by atoms with E-state index in [-0.39, 0.29) is 0 Å². The van der Waals surface area contributed by atoms with Crippen LogP contribution < -0.4 is 4.74 Å². The van der Waals surface area contributed by atoms with Crippen molar-refractivity contribution >= 4 is 0 Å². The zero-order chi connectivity index (χ0) is 11.3. The lowest BCUT2D eigenvalue weighted by molar-refractivity contribution is 0.282. The van der Waals surface area contributed by atoms with E-state index in [1.165, 1.54) is 18.4 Å². The minimum absolute atomic E-state index is 0.515. The molecule has 1 atom stereocenters. The van der Waals surface area contributed by atoms with E-state index in [2.05, 4.69) is 38.1 Å². The first-order chi connectivity index (χ1) is 7.19. The van der Waals surface area contributed by atoms with Gasteiger partial charge in [0.2, 0.25) is 0 Å². The number of rotatable bonds is 5. The summed E-state index contributed by atoms with van der Waals surface area (Å²) in [6.07, 6.45) is 2.40. The van der Waals surface area contributed by atoms with Gasteiger partial charge in [-0.3, -0.25) is 0 Å². The van der Waals surface area contributed by atoms with Gasteiger partial charge in [-0.2, -0.15) is 0 Å². The van der Waals surface area contributed by atoms with Crippen LogP contribution in [0, 0.1) is 0 Å². The average Bonchev–Trinajstić information content (AvgIpc) is 2.26. The number of nitrogens with zero attached hydrogens (tertiary/aromatic N) is 1. The van der Waals surface area contributed by atoms with Crippen molar-refractivity contribution in [2.75, 3.05) is 21.2 Å². The van der Waals surface area contributed by atoms with Crippen LogP contribution in [0.2, 0.25) is 0 Å². The molecular formula is C13H21NO. The third-order valence-corrected chi connectivity index (χ3v) is 2.69. The first-order valence-electron chi connectivity index (χ1n) is 5.49. The standard InChI is InChI=1S/C13H21NO/c1-5-6-13(14(2)3)11-7-9-12(15-4)10-8-11/h7-10,13H,5-6H2,1-4H3. The lowest BCUT2D eigenvalue weighted by Crippen LogP contribution is -2.19. The van der Waals surface area contributed by atoms with Crippen LogP contribution in [0.15, 0.2) is 24.3 Å². The summed E-state index contributed by atoms with van der Waals surface area (Å²) in [6.45, 7) is 2.22. The van der Waals surface area contributed by atoms with Crippen LogP contribution >= 0.6 is 0 Å². The molecule has 1 aromatic rings. The van der Waals surface area contributed by atoms with Crippen LogP contribution in [-0.2, 0) is 0 Å². The second kappa shape index (κ2) is 5.76. The Bertz CT molecular complexity index is 279. The van der Waals surface area contributed by atoms with Gasteiger partial charge in [0, 0.05) is 6.04 Å². The molecule has 1 rings (SSSR count). The molecule has 0 radical (unpaired) electrons. The van der Waals surface area contributed by atoms with E-state index in [1.54, 1.807) is 7.11 Å². The number of benzene rings is 1. The predicted octanol–water partition coefficient (Wildman–Crippen LogP) is 3.10. The summed E-state index contributed by atoms with van der Waals surface area (Å²) in [5, 5.41) is 0. The van der Waals surface area contributed by atoms with Crippen molar-refractivity contribution in [3.05, 3.63) is 29.8 Å². The second-order valence-corrected chi connectivity index (χ2v) is 4.04. The van der Waals surface area contributed by atoms with Gasteiger partial charge in [0.15, 0.2) is 0 Å². The lowest BCUT2D eigenvalue weighted by atomic mass is 10.0. The molecule has 2 heteroatoms. The molecular weight excluding hydrogens is 186 g/mol. The Morgan fingerprint density at radius 3 is 2.20 bits per heavy atom. The highest BCUT2D eigenvalue weighted by atomic mass is 16.5. The Morgan fingerprint density at radius 1 is 1.20 bits per heavy atom. The summed E-state index contributed by atoms with van der Waals surface area (Å²) in [5.74, 6) is 0.924. The van der Waals surface area contributed by atoms with Gasteiger partial charge >= 0.3 is 0 Å². The Labute approximate surface area is 92.9 Å². The summed E-state index contributed by atoms with van der Waals surface area (Å²) in [5.41, 5.74) is 1.36. The second-order valence-electron chi connectivity index (χ2n) is 4.04. The fourth-order valence-corrected chi connectivity index (χ4v) is 1.82. The molecule has 84 valence electrons. The van der Waals surface area contributed by atoms with E-state index >= 15 is 0 Å². The minimum atomic E-state index is 0.515. The number of hydrogen-bond donors (Lipinski definition) is 0. The van der Waals surface area contributed by atoms with Crippen molar-refractivity contribution < 1.29 is 4.74 Å². The van der Waals surface area contributed by atoms with E-state index in [1.807, 2.05) is 12.1 Å². The van der Waals surface area contributed by atoms with Gasteiger partial charge < -0.3 is 9.64 Å². The summed E-state index contributed by atoms with van der Waals surface area (Å²) < 4.78 is 5.16. The van der Waals surface area contributed by atoms with Crippen molar-refractivity contribution in [2.45, 2.75) is 25.8 Å². The number of methoxy groups -OCH3 is 1. The largest absolute Gasteiger partial charge is 0.497 e. The summed E-state index contributed by atoms with van der Waals surface area (Å²) >= 11 is 0. The maximum Gasteiger partial charge on any atom is 0.118 e. The molecule has 15 heavy (non-hydrogen) atoms. The number of hydrogen-bond acceptors (Lipinski definition) is 2. The molecule has 0 bridgehead atoms. The molecule has 0 saturated heterocycles. The van der Waals surface area contributed by atoms with Crippen LogP contribution in [0.25, 0.3) is 0 Å². The first kappa shape index (κ1) is 12.1. The van der Waals surface area contributed by atoms with Crippen molar-refractivity contribution in [1.82, 2.24) is 4.90 Å². The van der Waals surface area contributed by atoms with Crippen LogP contribution in [0.4, 0.5) is 0 Å². The Morgan fingerprint density at radius 2 is 1.80 bits per heavy atom. The molecule has 1 aromatic carbocycles. The van der Waals surface area contributed by atoms with Crippen molar-refractivity contribution in [3.63, 3.8) is 0 Å². The first-order valence-corrected chi connectivity index (χ1v) is 5.49. The molecule has 0 heterocycles. The van der Waals surface area contributed by atoms with E-state index in [0.29, 0.717) is 6.04 Å². The molecule has 0 aromatic heterocycles. The summed E-state index contributed by atoms with van der Waals surface area (Å²) in [7, 11) is 5.96. The van der Waals surface area contributed by atoms with Crippen molar-refractivity contribution in [1.29, 1.82) is 0 Å². The van der Waals surface area contributed by atoms with Gasteiger partial charge in [0.25, 0.3) is 0 Å². The molecule has 0 amide bonds. The summed E-state index contributed by atoms with van der Waals surface area (Å²) in [6, 6.07) is 8.88. The van der Waals surface area contributed by atoms with Gasteiger partial charge in [0.1, 0.15) is 5.75 Å². The highest BCUT2D eigenvalue weighted by Crippen LogP contribution is 2.24. The monoisotopic (exact) mass is 207 g/mol. The van der Waals surface area contributed by atoms with Gasteiger partial charge in [0.05, 0.1) is 7.11 Å². The van der Waals surface area contributed by atoms with Crippen molar-refractivity contribution in [3.8, 4) is 5.75 Å². The average molecular weight is 207 g/mol. The Kier molecular flexibility index (Phi) is 4.63. The fraction of sp³-hybridized carbons (Fsp3) is 0.538. The highest BCUT2D eigenvalue weighted by Gasteiger charge is 2.12. The zero-order valence-corrected chi connectivity index (χ0v) is 10.2.